The molecule has 132 valence electrons. The Labute approximate surface area is 159 Å². The third-order valence-corrected chi connectivity index (χ3v) is 5.86. The number of aryl methyl sites for hydroxylation is 1. The van der Waals surface area contributed by atoms with Crippen molar-refractivity contribution in [3.63, 3.8) is 0 Å². The number of thioether (sulfide) groups is 1. The molecule has 2 heterocycles. The van der Waals surface area contributed by atoms with Crippen LogP contribution in [0.1, 0.15) is 18.1 Å². The molecular formula is C18H17N5OS2. The van der Waals surface area contributed by atoms with Crippen LogP contribution in [-0.2, 0) is 11.8 Å². The quantitative estimate of drug-likeness (QED) is 0.677. The molecule has 0 spiro atoms. The summed E-state index contributed by atoms with van der Waals surface area (Å²) in [7, 11) is 1.89. The second-order valence-electron chi connectivity index (χ2n) is 5.70. The van der Waals surface area contributed by atoms with E-state index in [0.717, 1.165) is 17.0 Å². The Bertz CT molecular complexity index is 986. The van der Waals surface area contributed by atoms with Gasteiger partial charge in [0.25, 0.3) is 0 Å². The Morgan fingerprint density at radius 2 is 2.12 bits per heavy atom. The normalized spacial score (nSPS) is 11.8. The summed E-state index contributed by atoms with van der Waals surface area (Å²) in [4.78, 5) is 12.4. The van der Waals surface area contributed by atoms with E-state index in [-0.39, 0.29) is 11.2 Å². The molecule has 1 atom stereocenters. The van der Waals surface area contributed by atoms with Gasteiger partial charge in [-0.2, -0.15) is 5.26 Å². The number of nitrogens with zero attached hydrogens (tertiary/aromatic N) is 4. The first-order chi connectivity index (χ1) is 12.5. The van der Waals surface area contributed by atoms with Crippen molar-refractivity contribution < 1.29 is 4.79 Å². The van der Waals surface area contributed by atoms with Crippen LogP contribution in [0.25, 0.3) is 11.4 Å². The molecular weight excluding hydrogens is 366 g/mol. The lowest BCUT2D eigenvalue weighted by Crippen LogP contribution is -2.22. The van der Waals surface area contributed by atoms with Crippen LogP contribution in [0.2, 0.25) is 0 Å². The topological polar surface area (TPSA) is 83.6 Å². The zero-order chi connectivity index (χ0) is 18.7. The van der Waals surface area contributed by atoms with Crippen LogP contribution >= 0.6 is 23.1 Å². The summed E-state index contributed by atoms with van der Waals surface area (Å²) < 4.78 is 1.89. The summed E-state index contributed by atoms with van der Waals surface area (Å²) in [5.41, 5.74) is 2.61. The fourth-order valence-corrected chi connectivity index (χ4v) is 3.95. The fraction of sp³-hybridized carbons (Fsp3) is 0.222. The van der Waals surface area contributed by atoms with Crippen molar-refractivity contribution >= 4 is 34.0 Å². The standard InChI is InChI=1S/C18H17N5OS2/c1-11-6-4-5-7-14(11)15-21-22-18(23(15)3)26-12(2)16(24)20-17-13(10-19)8-9-25-17/h4-9,12H,1-3H3,(H,20,24)/t12-/m1/s1. The maximum absolute atomic E-state index is 12.4. The van der Waals surface area contributed by atoms with Gasteiger partial charge < -0.3 is 9.88 Å². The Morgan fingerprint density at radius 3 is 2.85 bits per heavy atom. The first kappa shape index (κ1) is 18.2. The molecule has 26 heavy (non-hydrogen) atoms. The van der Waals surface area contributed by atoms with Crippen molar-refractivity contribution in [2.75, 3.05) is 5.32 Å². The zero-order valence-corrected chi connectivity index (χ0v) is 16.2. The molecule has 0 saturated carbocycles. The molecule has 0 aliphatic carbocycles. The van der Waals surface area contributed by atoms with Crippen molar-refractivity contribution in [1.82, 2.24) is 14.8 Å². The molecule has 1 N–H and O–H groups in total. The number of hydrogen-bond acceptors (Lipinski definition) is 6. The molecule has 0 saturated heterocycles. The first-order valence-corrected chi connectivity index (χ1v) is 9.67. The summed E-state index contributed by atoms with van der Waals surface area (Å²) in [5, 5.41) is 23.0. The molecule has 0 radical (unpaired) electrons. The van der Waals surface area contributed by atoms with E-state index in [9.17, 15) is 4.79 Å². The van der Waals surface area contributed by atoms with Gasteiger partial charge in [0.15, 0.2) is 11.0 Å². The number of nitrogens with one attached hydrogen (secondary N) is 1. The predicted molar refractivity (Wildman–Crippen MR) is 104 cm³/mol. The number of amides is 1. The van der Waals surface area contributed by atoms with E-state index in [1.807, 2.05) is 49.7 Å². The molecule has 8 heteroatoms. The van der Waals surface area contributed by atoms with Crippen LogP contribution in [0, 0.1) is 18.3 Å². The highest BCUT2D eigenvalue weighted by Crippen LogP contribution is 2.29. The van der Waals surface area contributed by atoms with Crippen molar-refractivity contribution in [1.29, 1.82) is 5.26 Å². The van der Waals surface area contributed by atoms with Crippen LogP contribution in [0.4, 0.5) is 5.00 Å². The van der Waals surface area contributed by atoms with Crippen molar-refractivity contribution in [2.24, 2.45) is 7.05 Å². The van der Waals surface area contributed by atoms with Crippen molar-refractivity contribution in [3.8, 4) is 17.5 Å². The summed E-state index contributed by atoms with van der Waals surface area (Å²) >= 11 is 2.67. The monoisotopic (exact) mass is 383 g/mol. The average molecular weight is 384 g/mol. The lowest BCUT2D eigenvalue weighted by Gasteiger charge is -2.11. The number of carbonyl (C=O) groups is 1. The van der Waals surface area contributed by atoms with Gasteiger partial charge >= 0.3 is 0 Å². The number of nitriles is 1. The Hall–Kier alpha value is -2.63. The van der Waals surface area contributed by atoms with Crippen LogP contribution in [0.15, 0.2) is 40.9 Å². The van der Waals surface area contributed by atoms with E-state index >= 15 is 0 Å². The molecule has 2 aromatic heterocycles. The predicted octanol–water partition coefficient (Wildman–Crippen LogP) is 3.84. The second kappa shape index (κ2) is 7.72. The highest BCUT2D eigenvalue weighted by Gasteiger charge is 2.21. The SMILES string of the molecule is Cc1ccccc1-c1nnc(S[C@H](C)C(=O)Nc2sccc2C#N)n1C. The molecule has 0 aliphatic rings. The molecule has 0 bridgehead atoms. The van der Waals surface area contributed by atoms with Gasteiger partial charge in [0.2, 0.25) is 5.91 Å². The summed E-state index contributed by atoms with van der Waals surface area (Å²) in [5.74, 6) is 0.595. The number of thiophene rings is 1. The number of benzene rings is 1. The lowest BCUT2D eigenvalue weighted by atomic mass is 10.1. The Morgan fingerprint density at radius 1 is 1.35 bits per heavy atom. The Balaban J connectivity index is 1.74. The van der Waals surface area contributed by atoms with Crippen molar-refractivity contribution in [2.45, 2.75) is 24.3 Å². The van der Waals surface area contributed by atoms with Gasteiger partial charge in [-0.3, -0.25) is 4.79 Å². The molecule has 1 amide bonds. The van der Waals surface area contributed by atoms with Crippen molar-refractivity contribution in [3.05, 3.63) is 46.8 Å². The van der Waals surface area contributed by atoms with E-state index in [4.69, 9.17) is 5.26 Å². The average Bonchev–Trinajstić information content (AvgIpc) is 3.22. The lowest BCUT2D eigenvalue weighted by molar-refractivity contribution is -0.115. The second-order valence-corrected chi connectivity index (χ2v) is 7.93. The summed E-state index contributed by atoms with van der Waals surface area (Å²) in [6.07, 6.45) is 0. The van der Waals surface area contributed by atoms with Crippen LogP contribution < -0.4 is 5.32 Å². The zero-order valence-electron chi connectivity index (χ0n) is 14.6. The third kappa shape index (κ3) is 3.64. The van der Waals surface area contributed by atoms with Gasteiger partial charge in [0, 0.05) is 12.6 Å². The number of anilines is 1. The van der Waals surface area contributed by atoms with E-state index in [1.165, 1.54) is 23.1 Å². The number of hydrogen-bond donors (Lipinski definition) is 1. The minimum atomic E-state index is -0.378. The van der Waals surface area contributed by atoms with Gasteiger partial charge in [-0.05, 0) is 30.9 Å². The number of rotatable bonds is 5. The van der Waals surface area contributed by atoms with Crippen LogP contribution in [0.5, 0.6) is 0 Å². The van der Waals surface area contributed by atoms with Gasteiger partial charge in [0.05, 0.1) is 10.8 Å². The molecule has 0 aliphatic heterocycles. The molecule has 6 nitrogen and oxygen atoms in total. The fourth-order valence-electron chi connectivity index (χ4n) is 2.40. The van der Waals surface area contributed by atoms with E-state index in [0.29, 0.717) is 15.7 Å². The first-order valence-electron chi connectivity index (χ1n) is 7.91. The molecule has 0 fully saturated rings. The number of aromatic nitrogens is 3. The minimum absolute atomic E-state index is 0.172. The highest BCUT2D eigenvalue weighted by molar-refractivity contribution is 8.00. The smallest absolute Gasteiger partial charge is 0.238 e. The van der Waals surface area contributed by atoms with E-state index < -0.39 is 0 Å². The van der Waals surface area contributed by atoms with E-state index in [1.54, 1.807) is 11.4 Å². The maximum atomic E-state index is 12.4. The van der Waals surface area contributed by atoms with Gasteiger partial charge in [0.1, 0.15) is 11.1 Å². The largest absolute Gasteiger partial charge is 0.316 e. The minimum Gasteiger partial charge on any atom is -0.316 e. The van der Waals surface area contributed by atoms with Gasteiger partial charge in [-0.25, -0.2) is 0 Å². The number of carbonyl (C=O) groups excluding carboxylic acids is 1. The Kier molecular flexibility index (Phi) is 5.40. The molecule has 3 rings (SSSR count). The van der Waals surface area contributed by atoms with Crippen LogP contribution in [0.3, 0.4) is 0 Å². The molecule has 0 unspecified atom stereocenters. The van der Waals surface area contributed by atoms with E-state index in [2.05, 4.69) is 21.6 Å². The highest BCUT2D eigenvalue weighted by atomic mass is 32.2. The third-order valence-electron chi connectivity index (χ3n) is 3.89. The molecule has 3 aromatic rings. The summed E-state index contributed by atoms with van der Waals surface area (Å²) in [6, 6.07) is 11.7. The summed E-state index contributed by atoms with van der Waals surface area (Å²) in [6.45, 7) is 3.84. The van der Waals surface area contributed by atoms with Crippen LogP contribution in [-0.4, -0.2) is 25.9 Å². The van der Waals surface area contributed by atoms with Gasteiger partial charge in [-0.1, -0.05) is 36.0 Å². The van der Waals surface area contributed by atoms with Gasteiger partial charge in [-0.15, -0.1) is 21.5 Å². The molecule has 1 aromatic carbocycles. The maximum Gasteiger partial charge on any atom is 0.238 e.